The van der Waals surface area contributed by atoms with Crippen LogP contribution in [0.3, 0.4) is 0 Å². The van der Waals surface area contributed by atoms with Gasteiger partial charge in [-0.15, -0.1) is 0 Å². The summed E-state index contributed by atoms with van der Waals surface area (Å²) >= 11 is 0. The summed E-state index contributed by atoms with van der Waals surface area (Å²) in [4.78, 5) is 117. The summed E-state index contributed by atoms with van der Waals surface area (Å²) in [6.07, 6.45) is 6.54. The van der Waals surface area contributed by atoms with Crippen LogP contribution in [0.1, 0.15) is 108 Å². The first-order chi connectivity index (χ1) is 33.8. The molecule has 8 atom stereocenters. The summed E-state index contributed by atoms with van der Waals surface area (Å²) in [6.45, 7) is 12.2. The summed E-state index contributed by atoms with van der Waals surface area (Å²) in [5.41, 5.74) is 1.36. The van der Waals surface area contributed by atoms with E-state index in [4.69, 9.17) is 9.47 Å². The van der Waals surface area contributed by atoms with Gasteiger partial charge in [0.25, 0.3) is 17.7 Å². The molecular weight excluding hydrogens is 915 g/mol. The Bertz CT molecular complexity index is 2170. The van der Waals surface area contributed by atoms with Crippen LogP contribution in [0.2, 0.25) is 0 Å². The number of methoxy groups -OCH3 is 2. The Morgan fingerprint density at radius 2 is 1.61 bits per heavy atom. The van der Waals surface area contributed by atoms with Gasteiger partial charge in [-0.25, -0.2) is 14.8 Å². The molecule has 3 heterocycles. The van der Waals surface area contributed by atoms with Crippen molar-refractivity contribution in [3.05, 3.63) is 65.5 Å². The molecule has 2 aliphatic heterocycles. The summed E-state index contributed by atoms with van der Waals surface area (Å²) in [6, 6.07) is 6.09. The zero-order valence-electron chi connectivity index (χ0n) is 42.8. The van der Waals surface area contributed by atoms with Crippen molar-refractivity contribution in [1.29, 1.82) is 0 Å². The second-order valence-corrected chi connectivity index (χ2v) is 18.8. The van der Waals surface area contributed by atoms with E-state index < -0.39 is 60.1 Å². The van der Waals surface area contributed by atoms with Gasteiger partial charge in [-0.05, 0) is 50.0 Å². The number of carboxylic acid groups (broad SMARTS) is 1. The largest absolute Gasteiger partial charge is 0.480 e. The molecule has 0 unspecified atom stereocenters. The molecule has 5 N–H and O–H groups in total. The quantitative estimate of drug-likeness (QED) is 0.0579. The van der Waals surface area contributed by atoms with E-state index in [-0.39, 0.29) is 85.2 Å². The highest BCUT2D eigenvalue weighted by atomic mass is 16.5. The average Bonchev–Trinajstić information content (AvgIpc) is 3.96. The first-order valence-electron chi connectivity index (χ1n) is 24.7. The highest BCUT2D eigenvalue weighted by Gasteiger charge is 2.43. The standard InChI is InChI=1S/C51H75N9O11/c1-10-32(4)45(39(70-8)29-43(64)59-27-17-20-38(59)46(71-9)33(5)47(65)56-37(50(68)69)28-35-18-13-11-14-19-35)58(7)49(67)44(31(2)3)57-51-54-30-36(34(6)55-51)48(66)53-25-24-52-40(61)21-15-12-16-26-60-41(62)22-23-42(60)63/h11,13-14,18-19,22-23,30-33,37-39,44-46H,10,12,15-17,20-21,24-29H2,1-9H3,(H,52,61)(H,53,66)(H,56,65)(H,68,69)(H,54,55,57)/t32-,33+,37-,38-,39+,44-,45-,46+/m0/s1. The Kier molecular flexibility index (Phi) is 22.5. The van der Waals surface area contributed by atoms with Crippen molar-refractivity contribution in [2.24, 2.45) is 17.8 Å². The highest BCUT2D eigenvalue weighted by Crippen LogP contribution is 2.30. The van der Waals surface area contributed by atoms with Crippen LogP contribution in [-0.4, -0.2) is 161 Å². The van der Waals surface area contributed by atoms with Crippen molar-refractivity contribution in [3.63, 3.8) is 0 Å². The fourth-order valence-corrected chi connectivity index (χ4v) is 9.24. The molecule has 0 radical (unpaired) electrons. The monoisotopic (exact) mass is 990 g/mol. The average molecular weight is 990 g/mol. The Morgan fingerprint density at radius 3 is 2.21 bits per heavy atom. The van der Waals surface area contributed by atoms with Gasteiger partial charge in [0.2, 0.25) is 29.6 Å². The fourth-order valence-electron chi connectivity index (χ4n) is 9.24. The smallest absolute Gasteiger partial charge is 0.326 e. The van der Waals surface area contributed by atoms with E-state index in [9.17, 15) is 43.5 Å². The van der Waals surface area contributed by atoms with Gasteiger partial charge in [-0.2, -0.15) is 0 Å². The number of aromatic nitrogens is 2. The normalized spacial score (nSPS) is 17.5. The molecule has 20 nitrogen and oxygen atoms in total. The second kappa shape index (κ2) is 27.9. The molecule has 0 saturated carbocycles. The predicted octanol–water partition coefficient (Wildman–Crippen LogP) is 3.29. The van der Waals surface area contributed by atoms with Crippen molar-refractivity contribution < 1.29 is 52.9 Å². The first-order valence-corrected chi connectivity index (χ1v) is 24.7. The third-order valence-corrected chi connectivity index (χ3v) is 13.5. The zero-order chi connectivity index (χ0) is 52.4. The lowest BCUT2D eigenvalue weighted by molar-refractivity contribution is -0.147. The van der Waals surface area contributed by atoms with Crippen molar-refractivity contribution in [2.75, 3.05) is 52.8 Å². The van der Waals surface area contributed by atoms with E-state index in [1.165, 1.54) is 37.5 Å². The van der Waals surface area contributed by atoms with Crippen LogP contribution >= 0.6 is 0 Å². The molecule has 1 fully saturated rings. The number of likely N-dealkylation sites (tertiary alicyclic amines) is 1. The summed E-state index contributed by atoms with van der Waals surface area (Å²) in [7, 11) is 4.69. The number of unbranched alkanes of at least 4 members (excludes halogenated alkanes) is 2. The molecule has 4 rings (SSSR count). The molecule has 1 saturated heterocycles. The summed E-state index contributed by atoms with van der Waals surface area (Å²) in [5, 5.41) is 21.3. The Balaban J connectivity index is 1.33. The number of amides is 7. The maximum absolute atomic E-state index is 14.5. The van der Waals surface area contributed by atoms with Gasteiger partial charge in [-0.1, -0.05) is 77.8 Å². The van der Waals surface area contributed by atoms with Crippen molar-refractivity contribution >= 4 is 53.3 Å². The van der Waals surface area contributed by atoms with Gasteiger partial charge in [0.05, 0.1) is 47.9 Å². The van der Waals surface area contributed by atoms with Crippen LogP contribution in [-0.2, 0) is 49.5 Å². The molecule has 20 heteroatoms. The van der Waals surface area contributed by atoms with Gasteiger partial charge in [0.15, 0.2) is 0 Å². The number of aliphatic carboxylic acids is 1. The number of anilines is 1. The molecule has 7 amide bonds. The van der Waals surface area contributed by atoms with Gasteiger partial charge in [-0.3, -0.25) is 38.5 Å². The third-order valence-electron chi connectivity index (χ3n) is 13.5. The minimum absolute atomic E-state index is 0.0557. The number of hydrogen-bond acceptors (Lipinski definition) is 13. The lowest BCUT2D eigenvalue weighted by atomic mass is 9.89. The van der Waals surface area contributed by atoms with E-state index >= 15 is 0 Å². The first kappa shape index (κ1) is 57.3. The van der Waals surface area contributed by atoms with Crippen LogP contribution in [0.4, 0.5) is 5.95 Å². The van der Waals surface area contributed by atoms with Crippen molar-refractivity contribution in [2.45, 2.75) is 136 Å². The molecule has 2 aromatic rings. The van der Waals surface area contributed by atoms with Crippen LogP contribution < -0.4 is 21.3 Å². The van der Waals surface area contributed by atoms with Crippen molar-refractivity contribution in [1.82, 2.24) is 40.6 Å². The second-order valence-electron chi connectivity index (χ2n) is 18.8. The van der Waals surface area contributed by atoms with Gasteiger partial charge >= 0.3 is 5.97 Å². The lowest BCUT2D eigenvalue weighted by Gasteiger charge is -2.40. The molecular formula is C51H75N9O11. The lowest BCUT2D eigenvalue weighted by Crippen LogP contribution is -2.56. The molecule has 1 aromatic heterocycles. The van der Waals surface area contributed by atoms with E-state index in [0.717, 1.165) is 5.56 Å². The fraction of sp³-hybridized carbons (Fsp3) is 0.608. The minimum Gasteiger partial charge on any atom is -0.480 e. The van der Waals surface area contributed by atoms with E-state index in [2.05, 4.69) is 31.2 Å². The maximum atomic E-state index is 14.5. The van der Waals surface area contributed by atoms with E-state index in [1.54, 1.807) is 55.0 Å². The number of likely N-dealkylation sites (N-methyl/N-ethyl adjacent to an activating group) is 1. The molecule has 1 aromatic carbocycles. The molecule has 2 aliphatic rings. The Morgan fingerprint density at radius 1 is 0.930 bits per heavy atom. The van der Waals surface area contributed by atoms with E-state index in [1.807, 2.05) is 33.8 Å². The number of rotatable bonds is 29. The number of hydrogen-bond donors (Lipinski definition) is 5. The maximum Gasteiger partial charge on any atom is 0.326 e. The summed E-state index contributed by atoms with van der Waals surface area (Å²) < 4.78 is 11.9. The van der Waals surface area contributed by atoms with Gasteiger partial charge < -0.3 is 45.6 Å². The van der Waals surface area contributed by atoms with Crippen LogP contribution in [0.15, 0.2) is 48.7 Å². The third kappa shape index (κ3) is 16.1. The number of carbonyl (C=O) groups is 8. The number of benzene rings is 1. The van der Waals surface area contributed by atoms with Gasteiger partial charge in [0.1, 0.15) is 12.1 Å². The number of imide groups is 1. The Labute approximate surface area is 417 Å². The number of carbonyl (C=O) groups excluding carboxylic acids is 7. The minimum atomic E-state index is -1.16. The van der Waals surface area contributed by atoms with Gasteiger partial charge in [0, 0.05) is 78.6 Å². The molecule has 0 spiro atoms. The number of aryl methyl sites for hydroxylation is 1. The number of carboxylic acids is 1. The highest BCUT2D eigenvalue weighted by molar-refractivity contribution is 6.12. The van der Waals surface area contributed by atoms with Crippen LogP contribution in [0, 0.1) is 24.7 Å². The number of ether oxygens (including phenoxy) is 2. The summed E-state index contributed by atoms with van der Waals surface area (Å²) in [5.74, 6) is -4.39. The number of nitrogens with zero attached hydrogens (tertiary/aromatic N) is 5. The van der Waals surface area contributed by atoms with Crippen LogP contribution in [0.5, 0.6) is 0 Å². The van der Waals surface area contributed by atoms with E-state index in [0.29, 0.717) is 57.3 Å². The SMILES string of the molecule is CC[C@H](C)[C@@H]([C@@H](CC(=O)N1CCC[C@H]1[C@H](OC)[C@@H](C)C(=O)N[C@@H](Cc1ccccc1)C(=O)O)OC)N(C)C(=O)[C@@H](Nc1ncc(C(=O)NCCNC(=O)CCCCCN2C(=O)C=CC2=O)c(C)n1)C(C)C. The van der Waals surface area contributed by atoms with Crippen molar-refractivity contribution in [3.8, 4) is 0 Å². The zero-order valence-corrected chi connectivity index (χ0v) is 42.8. The topological polar surface area (TPSA) is 259 Å². The molecule has 71 heavy (non-hydrogen) atoms. The molecule has 0 bridgehead atoms. The van der Waals surface area contributed by atoms with Crippen LogP contribution in [0.25, 0.3) is 0 Å². The molecule has 0 aliphatic carbocycles. The molecule has 390 valence electrons. The number of nitrogens with one attached hydrogen (secondary N) is 4. The predicted molar refractivity (Wildman–Crippen MR) is 265 cm³/mol. The Hall–Kier alpha value is -6.28.